The number of nitrogens with one attached hydrogen (secondary N) is 2. The van der Waals surface area contributed by atoms with Crippen molar-refractivity contribution in [1.29, 1.82) is 0 Å². The van der Waals surface area contributed by atoms with Gasteiger partial charge in [0.15, 0.2) is 0 Å². The van der Waals surface area contributed by atoms with Crippen LogP contribution >= 0.6 is 11.6 Å². The van der Waals surface area contributed by atoms with E-state index in [4.69, 9.17) is 17.4 Å². The highest BCUT2D eigenvalue weighted by molar-refractivity contribution is 6.31. The lowest BCUT2D eigenvalue weighted by atomic mass is 9.83. The molecule has 0 aromatic heterocycles. The molecule has 0 radical (unpaired) electrons. The second-order valence-electron chi connectivity index (χ2n) is 10.1. The normalized spacial score (nSPS) is 14.0. The highest BCUT2D eigenvalue weighted by Crippen LogP contribution is 2.32. The van der Waals surface area contributed by atoms with Crippen LogP contribution in [-0.2, 0) is 10.3 Å². The summed E-state index contributed by atoms with van der Waals surface area (Å²) in [5.74, 6) is 7.60. The number of carbonyl (C=O) groups is 1. The quantitative estimate of drug-likeness (QED) is 0.0978. The van der Waals surface area contributed by atoms with Gasteiger partial charge in [-0.1, -0.05) is 89.2 Å². The zero-order chi connectivity index (χ0) is 28.2. The molecule has 0 saturated heterocycles. The molecular formula is C31H49ClN4O. The van der Waals surface area contributed by atoms with Crippen LogP contribution in [0.15, 0.2) is 66.0 Å². The van der Waals surface area contributed by atoms with E-state index in [0.29, 0.717) is 30.3 Å². The molecule has 0 saturated carbocycles. The van der Waals surface area contributed by atoms with Gasteiger partial charge >= 0.3 is 0 Å². The fraction of sp³-hybridized carbons (Fsp3) is 0.516. The van der Waals surface area contributed by atoms with E-state index in [1.165, 1.54) is 10.6 Å². The first kappa shape index (κ1) is 32.5. The number of halogens is 1. The monoisotopic (exact) mass is 528 g/mol. The molecule has 0 heterocycles. The number of hydrogen-bond donors (Lipinski definition) is 3. The van der Waals surface area contributed by atoms with Gasteiger partial charge < -0.3 is 10.6 Å². The van der Waals surface area contributed by atoms with Crippen LogP contribution in [0.1, 0.15) is 78.4 Å². The zero-order valence-corrected chi connectivity index (χ0v) is 25.0. The minimum absolute atomic E-state index is 0.114. The highest BCUT2D eigenvalue weighted by atomic mass is 35.5. The van der Waals surface area contributed by atoms with Crippen LogP contribution in [-0.4, -0.2) is 24.5 Å². The largest absolute Gasteiger partial charge is 0.370 e. The van der Waals surface area contributed by atoms with E-state index >= 15 is 0 Å². The molecule has 0 fully saturated rings. The Bertz CT molecular complexity index is 987. The van der Waals surface area contributed by atoms with Crippen LogP contribution in [0.4, 0.5) is 0 Å². The fourth-order valence-corrected chi connectivity index (χ4v) is 4.91. The predicted octanol–water partition coefficient (Wildman–Crippen LogP) is 7.15. The second kappa shape index (κ2) is 15.7. The molecule has 0 aliphatic carbocycles. The summed E-state index contributed by atoms with van der Waals surface area (Å²) in [6.07, 6.45) is 11.1. The number of aryl methyl sites for hydroxylation is 1. The Morgan fingerprint density at radius 2 is 1.89 bits per heavy atom. The van der Waals surface area contributed by atoms with E-state index in [1.807, 2.05) is 32.1 Å². The van der Waals surface area contributed by atoms with Crippen molar-refractivity contribution >= 4 is 17.5 Å². The van der Waals surface area contributed by atoms with Crippen LogP contribution in [0.3, 0.4) is 0 Å². The van der Waals surface area contributed by atoms with Gasteiger partial charge in [-0.15, -0.1) is 0 Å². The molecule has 0 unspecified atom stereocenters. The standard InChI is InChI=1S/C31H49ClN4O/c1-10-15-16-24(11-2)25(19-22(6)7)21-34-29(36(9)33)27(12-3)30(37)35-31(13-4,14-5)26-17-18-28(32)23(8)20-26/h10-11,15-18,20,22,25,34H,1,12-14,19,21,33H2,2-9H3,(H,35,37)/b16-15-,24-11+,29-27+/t25-/m0/s1. The number of carbonyl (C=O) groups excluding carboxylic acids is 1. The summed E-state index contributed by atoms with van der Waals surface area (Å²) >= 11 is 6.29. The van der Waals surface area contributed by atoms with Gasteiger partial charge in [0.2, 0.25) is 0 Å². The molecular weight excluding hydrogens is 480 g/mol. The Balaban J connectivity index is 3.38. The van der Waals surface area contributed by atoms with Gasteiger partial charge in [0.1, 0.15) is 5.82 Å². The lowest BCUT2D eigenvalue weighted by Gasteiger charge is -2.35. The number of nitrogens with two attached hydrogens (primary N) is 1. The molecule has 6 heteroatoms. The van der Waals surface area contributed by atoms with E-state index in [9.17, 15) is 4.79 Å². The Labute approximate surface area is 230 Å². The Hall–Kier alpha value is -2.50. The minimum atomic E-state index is -0.501. The SMILES string of the molecule is C=C/C=C\C(=C/C)[C@H](CN/C(=C(/CC)C(=O)NC(CC)(CC)c1ccc(Cl)c(C)c1)N(C)N)CC(C)C. The molecule has 206 valence electrons. The van der Waals surface area contributed by atoms with Crippen LogP contribution in [0.2, 0.25) is 5.02 Å². The number of rotatable bonds is 15. The predicted molar refractivity (Wildman–Crippen MR) is 160 cm³/mol. The summed E-state index contributed by atoms with van der Waals surface area (Å²) in [5, 5.41) is 9.14. The molecule has 1 amide bonds. The van der Waals surface area contributed by atoms with Crippen molar-refractivity contribution in [3.8, 4) is 0 Å². The molecule has 1 aromatic carbocycles. The Kier molecular flexibility index (Phi) is 13.8. The molecule has 0 aliphatic rings. The number of benzene rings is 1. The maximum absolute atomic E-state index is 13.8. The molecule has 1 aromatic rings. The number of hydrogen-bond acceptors (Lipinski definition) is 4. The topological polar surface area (TPSA) is 70.4 Å². The molecule has 1 atom stereocenters. The van der Waals surface area contributed by atoms with Crippen molar-refractivity contribution < 1.29 is 4.79 Å². The van der Waals surface area contributed by atoms with Gasteiger partial charge in [-0.25, -0.2) is 5.84 Å². The lowest BCUT2D eigenvalue weighted by molar-refractivity contribution is -0.120. The van der Waals surface area contributed by atoms with Crippen molar-refractivity contribution in [3.63, 3.8) is 0 Å². The van der Waals surface area contributed by atoms with Gasteiger partial charge in [0.05, 0.1) is 11.1 Å². The van der Waals surface area contributed by atoms with E-state index in [0.717, 1.165) is 35.4 Å². The van der Waals surface area contributed by atoms with Crippen molar-refractivity contribution in [3.05, 3.63) is 82.2 Å². The smallest absolute Gasteiger partial charge is 0.251 e. The summed E-state index contributed by atoms with van der Waals surface area (Å²) in [4.78, 5) is 13.8. The number of amides is 1. The summed E-state index contributed by atoms with van der Waals surface area (Å²) < 4.78 is 0. The zero-order valence-electron chi connectivity index (χ0n) is 24.2. The third-order valence-corrected chi connectivity index (χ3v) is 7.46. The number of nitrogens with zero attached hydrogens (tertiary/aromatic N) is 1. The van der Waals surface area contributed by atoms with Gasteiger partial charge in [0, 0.05) is 24.5 Å². The molecule has 0 aliphatic heterocycles. The maximum Gasteiger partial charge on any atom is 0.251 e. The van der Waals surface area contributed by atoms with E-state index in [2.05, 4.69) is 70.0 Å². The Morgan fingerprint density at radius 3 is 2.35 bits per heavy atom. The maximum atomic E-state index is 13.8. The van der Waals surface area contributed by atoms with E-state index in [-0.39, 0.29) is 11.8 Å². The molecule has 0 bridgehead atoms. The summed E-state index contributed by atoms with van der Waals surface area (Å²) in [5.41, 5.74) is 3.42. The molecule has 4 N–H and O–H groups in total. The van der Waals surface area contributed by atoms with Gasteiger partial charge in [-0.2, -0.15) is 0 Å². The Morgan fingerprint density at radius 1 is 1.24 bits per heavy atom. The van der Waals surface area contributed by atoms with Gasteiger partial charge in [-0.3, -0.25) is 9.80 Å². The molecule has 37 heavy (non-hydrogen) atoms. The minimum Gasteiger partial charge on any atom is -0.370 e. The average Bonchev–Trinajstić information content (AvgIpc) is 2.86. The van der Waals surface area contributed by atoms with Crippen molar-refractivity contribution in [2.45, 2.75) is 79.7 Å². The molecule has 1 rings (SSSR count). The molecule has 5 nitrogen and oxygen atoms in total. The average molecular weight is 529 g/mol. The van der Waals surface area contributed by atoms with Crippen LogP contribution in [0, 0.1) is 18.8 Å². The van der Waals surface area contributed by atoms with Crippen molar-refractivity contribution in [2.75, 3.05) is 13.6 Å². The van der Waals surface area contributed by atoms with Crippen LogP contribution < -0.4 is 16.5 Å². The number of allylic oxidation sites excluding steroid dienone is 4. The number of hydrazine groups is 1. The van der Waals surface area contributed by atoms with Gasteiger partial charge in [0.25, 0.3) is 5.91 Å². The van der Waals surface area contributed by atoms with Crippen molar-refractivity contribution in [1.82, 2.24) is 15.6 Å². The van der Waals surface area contributed by atoms with Crippen molar-refractivity contribution in [2.24, 2.45) is 17.7 Å². The first-order chi connectivity index (χ1) is 17.5. The first-order valence-electron chi connectivity index (χ1n) is 13.5. The highest BCUT2D eigenvalue weighted by Gasteiger charge is 2.32. The van der Waals surface area contributed by atoms with Crippen LogP contribution in [0.25, 0.3) is 0 Å². The van der Waals surface area contributed by atoms with Crippen LogP contribution in [0.5, 0.6) is 0 Å². The van der Waals surface area contributed by atoms with E-state index in [1.54, 1.807) is 13.1 Å². The lowest BCUT2D eigenvalue weighted by Crippen LogP contribution is -2.47. The fourth-order valence-electron chi connectivity index (χ4n) is 4.80. The second-order valence-corrected chi connectivity index (χ2v) is 10.5. The third-order valence-electron chi connectivity index (χ3n) is 7.04. The summed E-state index contributed by atoms with van der Waals surface area (Å²) in [6.45, 7) is 19.1. The van der Waals surface area contributed by atoms with Gasteiger partial charge in [-0.05, 0) is 68.2 Å². The van der Waals surface area contributed by atoms with E-state index < -0.39 is 5.54 Å². The summed E-state index contributed by atoms with van der Waals surface area (Å²) in [7, 11) is 1.77. The first-order valence-corrected chi connectivity index (χ1v) is 13.9. The molecule has 0 spiro atoms. The summed E-state index contributed by atoms with van der Waals surface area (Å²) in [6, 6.07) is 5.99. The third kappa shape index (κ3) is 9.08.